The number of unbranched alkanes of at least 4 members (excludes halogenated alkanes) is 1. The molecule has 0 aliphatic rings. The van der Waals surface area contributed by atoms with Gasteiger partial charge in [0.1, 0.15) is 12.1 Å². The Kier molecular flexibility index (Phi) is 13.3. The summed E-state index contributed by atoms with van der Waals surface area (Å²) in [5.74, 6) is -2.37. The second-order valence-corrected chi connectivity index (χ2v) is 7.12. The van der Waals surface area contributed by atoms with E-state index in [2.05, 4.69) is 10.6 Å². The third kappa shape index (κ3) is 11.5. The number of hydrogen-bond donors (Lipinski definition) is 6. The number of rotatable bonds is 15. The summed E-state index contributed by atoms with van der Waals surface area (Å²) in [7, 11) is 0. The summed E-state index contributed by atoms with van der Waals surface area (Å²) in [6, 6.07) is -3.01. The number of thioether (sulfide) groups is 1. The molecule has 156 valence electrons. The number of nitrogens with one attached hydrogen (secondary N) is 2. The minimum Gasteiger partial charge on any atom is -0.480 e. The average molecular weight is 406 g/mol. The van der Waals surface area contributed by atoms with Crippen molar-refractivity contribution < 1.29 is 24.3 Å². The predicted molar refractivity (Wildman–Crippen MR) is 104 cm³/mol. The standard InChI is InChI=1S/C16H31N5O5S/c1-27-9-7-10(18)14(23)20-11(5-6-13(19)22)15(24)21-12(16(25)26)4-2-3-8-17/h10-12H,2-9,17-18H2,1H3,(H2,19,22)(H,20,23)(H,21,24)(H,25,26)/t10-,11-,12-/m0/s1. The number of hydrogen-bond acceptors (Lipinski definition) is 7. The molecule has 27 heavy (non-hydrogen) atoms. The summed E-state index contributed by atoms with van der Waals surface area (Å²) in [6.45, 7) is 0.422. The monoisotopic (exact) mass is 405 g/mol. The molecule has 0 saturated heterocycles. The highest BCUT2D eigenvalue weighted by Crippen LogP contribution is 2.05. The fourth-order valence-corrected chi connectivity index (χ4v) is 2.72. The molecule has 3 atom stereocenters. The average Bonchev–Trinajstić information content (AvgIpc) is 2.61. The number of carboxylic acid groups (broad SMARTS) is 1. The van der Waals surface area contributed by atoms with Crippen LogP contribution in [-0.2, 0) is 19.2 Å². The first-order chi connectivity index (χ1) is 12.7. The highest BCUT2D eigenvalue weighted by molar-refractivity contribution is 7.98. The van der Waals surface area contributed by atoms with Crippen LogP contribution in [0.5, 0.6) is 0 Å². The number of carboxylic acids is 1. The van der Waals surface area contributed by atoms with Gasteiger partial charge in [0.15, 0.2) is 0 Å². The van der Waals surface area contributed by atoms with Gasteiger partial charge in [0, 0.05) is 6.42 Å². The van der Waals surface area contributed by atoms with Gasteiger partial charge in [-0.2, -0.15) is 11.8 Å². The summed E-state index contributed by atoms with van der Waals surface area (Å²) in [5, 5.41) is 14.1. The second kappa shape index (κ2) is 14.2. The molecule has 0 aromatic rings. The fraction of sp³-hybridized carbons (Fsp3) is 0.750. The fourth-order valence-electron chi connectivity index (χ4n) is 2.23. The van der Waals surface area contributed by atoms with Crippen LogP contribution in [-0.4, -0.2) is 65.5 Å². The zero-order valence-electron chi connectivity index (χ0n) is 15.6. The highest BCUT2D eigenvalue weighted by atomic mass is 32.2. The maximum atomic E-state index is 12.5. The molecule has 0 spiro atoms. The van der Waals surface area contributed by atoms with Gasteiger partial charge in [-0.1, -0.05) is 0 Å². The summed E-state index contributed by atoms with van der Waals surface area (Å²) >= 11 is 1.53. The van der Waals surface area contributed by atoms with Gasteiger partial charge >= 0.3 is 5.97 Å². The van der Waals surface area contributed by atoms with Crippen LogP contribution in [0.15, 0.2) is 0 Å². The molecular weight excluding hydrogens is 374 g/mol. The van der Waals surface area contributed by atoms with Crippen molar-refractivity contribution in [3.63, 3.8) is 0 Å². The van der Waals surface area contributed by atoms with Crippen LogP contribution in [0, 0.1) is 0 Å². The van der Waals surface area contributed by atoms with E-state index in [0.29, 0.717) is 31.6 Å². The van der Waals surface area contributed by atoms with Crippen LogP contribution >= 0.6 is 11.8 Å². The lowest BCUT2D eigenvalue weighted by molar-refractivity contribution is -0.142. The van der Waals surface area contributed by atoms with E-state index >= 15 is 0 Å². The minimum atomic E-state index is -1.18. The maximum absolute atomic E-state index is 12.5. The first-order valence-corrected chi connectivity index (χ1v) is 10.2. The van der Waals surface area contributed by atoms with Crippen molar-refractivity contribution in [3.8, 4) is 0 Å². The van der Waals surface area contributed by atoms with Crippen molar-refractivity contribution in [2.45, 2.75) is 56.7 Å². The maximum Gasteiger partial charge on any atom is 0.326 e. The number of aliphatic carboxylic acids is 1. The van der Waals surface area contributed by atoms with Gasteiger partial charge in [0.2, 0.25) is 17.7 Å². The van der Waals surface area contributed by atoms with E-state index in [4.69, 9.17) is 17.2 Å². The summed E-state index contributed by atoms with van der Waals surface area (Å²) in [6.07, 6.45) is 3.50. The Bertz CT molecular complexity index is 506. The quantitative estimate of drug-likeness (QED) is 0.178. The molecular formula is C16H31N5O5S. The van der Waals surface area contributed by atoms with E-state index in [1.807, 2.05) is 6.26 Å². The van der Waals surface area contributed by atoms with Gasteiger partial charge < -0.3 is 32.9 Å². The van der Waals surface area contributed by atoms with Crippen molar-refractivity contribution in [2.75, 3.05) is 18.6 Å². The summed E-state index contributed by atoms with van der Waals surface area (Å²) in [4.78, 5) is 47.0. The van der Waals surface area contributed by atoms with E-state index < -0.39 is 41.8 Å². The molecule has 0 fully saturated rings. The van der Waals surface area contributed by atoms with Crippen LogP contribution in [0.25, 0.3) is 0 Å². The zero-order valence-corrected chi connectivity index (χ0v) is 16.4. The molecule has 0 aromatic heterocycles. The third-order valence-corrected chi connectivity index (χ3v) is 4.49. The molecule has 10 nitrogen and oxygen atoms in total. The molecule has 0 aliphatic carbocycles. The molecule has 0 heterocycles. The smallest absolute Gasteiger partial charge is 0.326 e. The van der Waals surface area contributed by atoms with E-state index in [1.165, 1.54) is 11.8 Å². The van der Waals surface area contributed by atoms with Crippen molar-refractivity contribution >= 4 is 35.5 Å². The molecule has 0 unspecified atom stereocenters. The molecule has 0 rings (SSSR count). The Morgan fingerprint density at radius 2 is 1.63 bits per heavy atom. The van der Waals surface area contributed by atoms with Gasteiger partial charge in [-0.15, -0.1) is 0 Å². The molecule has 0 bridgehead atoms. The van der Waals surface area contributed by atoms with E-state index in [9.17, 15) is 24.3 Å². The van der Waals surface area contributed by atoms with E-state index in [0.717, 1.165) is 0 Å². The Hall–Kier alpha value is -1.85. The Morgan fingerprint density at radius 3 is 2.15 bits per heavy atom. The van der Waals surface area contributed by atoms with Gasteiger partial charge in [-0.3, -0.25) is 14.4 Å². The van der Waals surface area contributed by atoms with Crippen LogP contribution in [0.3, 0.4) is 0 Å². The van der Waals surface area contributed by atoms with Crippen LogP contribution in [0.1, 0.15) is 38.5 Å². The third-order valence-electron chi connectivity index (χ3n) is 3.84. The molecule has 0 radical (unpaired) electrons. The second-order valence-electron chi connectivity index (χ2n) is 6.14. The van der Waals surface area contributed by atoms with Gasteiger partial charge in [0.25, 0.3) is 0 Å². The number of carbonyl (C=O) groups is 4. The molecule has 9 N–H and O–H groups in total. The Balaban J connectivity index is 4.96. The number of primary amides is 1. The van der Waals surface area contributed by atoms with Crippen molar-refractivity contribution in [1.29, 1.82) is 0 Å². The number of amides is 3. The van der Waals surface area contributed by atoms with Crippen molar-refractivity contribution in [1.82, 2.24) is 10.6 Å². The lowest BCUT2D eigenvalue weighted by atomic mass is 10.1. The van der Waals surface area contributed by atoms with Crippen LogP contribution < -0.4 is 27.8 Å². The van der Waals surface area contributed by atoms with Crippen molar-refractivity contribution in [2.24, 2.45) is 17.2 Å². The molecule has 0 aromatic carbocycles. The summed E-state index contributed by atoms with van der Waals surface area (Å²) in [5.41, 5.74) is 16.3. The largest absolute Gasteiger partial charge is 0.480 e. The van der Waals surface area contributed by atoms with Gasteiger partial charge in [-0.25, -0.2) is 4.79 Å². The number of nitrogens with two attached hydrogens (primary N) is 3. The van der Waals surface area contributed by atoms with E-state index in [1.54, 1.807) is 0 Å². The topological polar surface area (TPSA) is 191 Å². The van der Waals surface area contributed by atoms with Gasteiger partial charge in [-0.05, 0) is 50.7 Å². The highest BCUT2D eigenvalue weighted by Gasteiger charge is 2.27. The van der Waals surface area contributed by atoms with Gasteiger partial charge in [0.05, 0.1) is 6.04 Å². The first-order valence-electron chi connectivity index (χ1n) is 8.79. The zero-order chi connectivity index (χ0) is 20.8. The van der Waals surface area contributed by atoms with E-state index in [-0.39, 0.29) is 19.3 Å². The Morgan fingerprint density at radius 1 is 1.00 bits per heavy atom. The molecule has 0 saturated carbocycles. The predicted octanol–water partition coefficient (Wildman–Crippen LogP) is -1.48. The normalized spacial score (nSPS) is 14.0. The number of carbonyl (C=O) groups excluding carboxylic acids is 3. The minimum absolute atomic E-state index is 0.0444. The lowest BCUT2D eigenvalue weighted by Gasteiger charge is -2.22. The van der Waals surface area contributed by atoms with Crippen LogP contribution in [0.2, 0.25) is 0 Å². The Labute approximate surface area is 163 Å². The summed E-state index contributed by atoms with van der Waals surface area (Å²) < 4.78 is 0. The lowest BCUT2D eigenvalue weighted by Crippen LogP contribution is -2.54. The molecule has 3 amide bonds. The van der Waals surface area contributed by atoms with Crippen LogP contribution in [0.4, 0.5) is 0 Å². The first kappa shape index (κ1) is 25.1. The molecule has 0 aliphatic heterocycles. The molecule has 11 heteroatoms. The SMILES string of the molecule is CSCC[C@H](N)C(=O)N[C@@H](CCC(N)=O)C(=O)N[C@@H](CCCCN)C(=O)O. The van der Waals surface area contributed by atoms with Crippen molar-refractivity contribution in [3.05, 3.63) is 0 Å².